The van der Waals surface area contributed by atoms with E-state index in [0.29, 0.717) is 5.69 Å². The number of nitrogens with one attached hydrogen (secondary N) is 2. The average molecular weight is 258 g/mol. The highest BCUT2D eigenvalue weighted by atomic mass is 16.2. The van der Waals surface area contributed by atoms with E-state index in [1.165, 1.54) is 0 Å². The van der Waals surface area contributed by atoms with Gasteiger partial charge in [-0.3, -0.25) is 4.79 Å². The average Bonchev–Trinajstić information content (AvgIpc) is 2.89. The van der Waals surface area contributed by atoms with Crippen LogP contribution in [0.1, 0.15) is 50.5 Å². The molecule has 19 heavy (non-hydrogen) atoms. The molecule has 2 N–H and O–H groups in total. The molecule has 3 nitrogen and oxygen atoms in total. The Labute approximate surface area is 114 Å². The van der Waals surface area contributed by atoms with Crippen LogP contribution in [0.15, 0.2) is 30.3 Å². The van der Waals surface area contributed by atoms with Crippen molar-refractivity contribution >= 4 is 16.8 Å². The summed E-state index contributed by atoms with van der Waals surface area (Å²) in [5.74, 6) is -0.0123. The molecule has 0 spiro atoms. The molecule has 0 unspecified atom stereocenters. The Morgan fingerprint density at radius 2 is 1.79 bits per heavy atom. The van der Waals surface area contributed by atoms with Gasteiger partial charge in [0, 0.05) is 16.4 Å². The van der Waals surface area contributed by atoms with Gasteiger partial charge >= 0.3 is 0 Å². The zero-order valence-corrected chi connectivity index (χ0v) is 11.9. The van der Waals surface area contributed by atoms with Crippen LogP contribution in [0, 0.1) is 0 Å². The Balaban J connectivity index is 2.24. The van der Waals surface area contributed by atoms with Crippen molar-refractivity contribution in [3.05, 3.63) is 36.0 Å². The maximum atomic E-state index is 12.4. The number of rotatable bonds is 5. The Bertz CT molecular complexity index is 526. The number of aromatic nitrogens is 1. The van der Waals surface area contributed by atoms with Crippen LogP contribution in [-0.2, 0) is 0 Å². The molecule has 0 aliphatic carbocycles. The first-order valence-electron chi connectivity index (χ1n) is 7.04. The first kappa shape index (κ1) is 13.7. The molecule has 1 amide bonds. The minimum Gasteiger partial charge on any atom is -0.351 e. The van der Waals surface area contributed by atoms with Gasteiger partial charge in [-0.25, -0.2) is 0 Å². The highest BCUT2D eigenvalue weighted by Gasteiger charge is 2.26. The Morgan fingerprint density at radius 3 is 2.37 bits per heavy atom. The highest BCUT2D eigenvalue weighted by molar-refractivity contribution is 5.98. The number of para-hydroxylation sites is 1. The number of carbonyl (C=O) groups is 1. The largest absolute Gasteiger partial charge is 0.351 e. The van der Waals surface area contributed by atoms with Crippen molar-refractivity contribution in [2.75, 3.05) is 0 Å². The number of fused-ring (bicyclic) bond motifs is 1. The standard InChI is InChI=1S/C16H22N2O/c1-4-16(5-2,6-3)18-15(19)14-11-12-9-7-8-10-13(12)17-14/h7-11,17H,4-6H2,1-3H3,(H,18,19). The molecule has 0 radical (unpaired) electrons. The maximum absolute atomic E-state index is 12.4. The van der Waals surface area contributed by atoms with E-state index in [1.54, 1.807) is 0 Å². The van der Waals surface area contributed by atoms with E-state index in [1.807, 2.05) is 30.3 Å². The minimum absolute atomic E-state index is 0.0123. The summed E-state index contributed by atoms with van der Waals surface area (Å²) < 4.78 is 0. The summed E-state index contributed by atoms with van der Waals surface area (Å²) in [4.78, 5) is 15.5. The number of benzene rings is 1. The van der Waals surface area contributed by atoms with Gasteiger partial charge in [0.05, 0.1) is 0 Å². The van der Waals surface area contributed by atoms with Crippen LogP contribution in [0.25, 0.3) is 10.9 Å². The fourth-order valence-electron chi connectivity index (χ4n) is 2.52. The van der Waals surface area contributed by atoms with E-state index in [2.05, 4.69) is 31.1 Å². The summed E-state index contributed by atoms with van der Waals surface area (Å²) in [5.41, 5.74) is 1.55. The number of aromatic amines is 1. The smallest absolute Gasteiger partial charge is 0.268 e. The van der Waals surface area contributed by atoms with Crippen LogP contribution >= 0.6 is 0 Å². The quantitative estimate of drug-likeness (QED) is 0.840. The number of hydrogen-bond acceptors (Lipinski definition) is 1. The van der Waals surface area contributed by atoms with Crippen molar-refractivity contribution in [3.8, 4) is 0 Å². The molecule has 2 rings (SSSR count). The van der Waals surface area contributed by atoms with Crippen molar-refractivity contribution < 1.29 is 4.79 Å². The molecular formula is C16H22N2O. The first-order valence-corrected chi connectivity index (χ1v) is 7.04. The fraction of sp³-hybridized carbons (Fsp3) is 0.438. The summed E-state index contributed by atoms with van der Waals surface area (Å²) in [6, 6.07) is 9.85. The third kappa shape index (κ3) is 2.65. The fourth-order valence-corrected chi connectivity index (χ4v) is 2.52. The molecule has 1 heterocycles. The van der Waals surface area contributed by atoms with Crippen LogP contribution in [0.3, 0.4) is 0 Å². The molecule has 0 atom stereocenters. The predicted molar refractivity (Wildman–Crippen MR) is 79.4 cm³/mol. The van der Waals surface area contributed by atoms with Gasteiger partial charge in [0.25, 0.3) is 5.91 Å². The summed E-state index contributed by atoms with van der Waals surface area (Å²) >= 11 is 0. The molecule has 3 heteroatoms. The number of carbonyl (C=O) groups excluding carboxylic acids is 1. The van der Waals surface area contributed by atoms with Gasteiger partial charge in [0.2, 0.25) is 0 Å². The first-order chi connectivity index (χ1) is 9.14. The van der Waals surface area contributed by atoms with E-state index in [9.17, 15) is 4.79 Å². The van der Waals surface area contributed by atoms with Crippen molar-refractivity contribution in [3.63, 3.8) is 0 Å². The molecule has 0 bridgehead atoms. The molecule has 0 saturated heterocycles. The summed E-state index contributed by atoms with van der Waals surface area (Å²) in [6.45, 7) is 6.37. The lowest BCUT2D eigenvalue weighted by molar-refractivity contribution is 0.0884. The predicted octanol–water partition coefficient (Wildman–Crippen LogP) is 3.87. The second-order valence-electron chi connectivity index (χ2n) is 5.07. The molecule has 0 aliphatic rings. The second-order valence-corrected chi connectivity index (χ2v) is 5.07. The Kier molecular flexibility index (Phi) is 3.93. The van der Waals surface area contributed by atoms with Gasteiger partial charge in [-0.15, -0.1) is 0 Å². The van der Waals surface area contributed by atoms with Crippen molar-refractivity contribution in [2.24, 2.45) is 0 Å². The van der Waals surface area contributed by atoms with E-state index in [4.69, 9.17) is 0 Å². The SMILES string of the molecule is CCC(CC)(CC)NC(=O)c1cc2ccccc2[nH]1. The number of H-pyrrole nitrogens is 1. The van der Waals surface area contributed by atoms with Gasteiger partial charge in [-0.2, -0.15) is 0 Å². The molecular weight excluding hydrogens is 236 g/mol. The lowest BCUT2D eigenvalue weighted by atomic mass is 9.89. The van der Waals surface area contributed by atoms with Crippen molar-refractivity contribution in [1.29, 1.82) is 0 Å². The monoisotopic (exact) mass is 258 g/mol. The molecule has 0 aliphatic heterocycles. The van der Waals surface area contributed by atoms with E-state index < -0.39 is 0 Å². The molecule has 1 aromatic carbocycles. The van der Waals surface area contributed by atoms with Gasteiger partial charge in [-0.05, 0) is 31.4 Å². The maximum Gasteiger partial charge on any atom is 0.268 e. The lowest BCUT2D eigenvalue weighted by Gasteiger charge is -2.31. The normalized spacial score (nSPS) is 11.7. The zero-order valence-electron chi connectivity index (χ0n) is 11.9. The number of amides is 1. The van der Waals surface area contributed by atoms with Gasteiger partial charge in [0.15, 0.2) is 0 Å². The highest BCUT2D eigenvalue weighted by Crippen LogP contribution is 2.21. The third-order valence-electron chi connectivity index (χ3n) is 4.18. The third-order valence-corrected chi connectivity index (χ3v) is 4.18. The molecule has 0 saturated carbocycles. The number of hydrogen-bond donors (Lipinski definition) is 2. The van der Waals surface area contributed by atoms with Crippen LogP contribution < -0.4 is 5.32 Å². The van der Waals surface area contributed by atoms with E-state index in [0.717, 1.165) is 30.2 Å². The van der Waals surface area contributed by atoms with Crippen molar-refractivity contribution in [2.45, 2.75) is 45.6 Å². The lowest BCUT2D eigenvalue weighted by Crippen LogP contribution is -2.47. The zero-order chi connectivity index (χ0) is 13.9. The summed E-state index contributed by atoms with van der Waals surface area (Å²) in [7, 11) is 0. The van der Waals surface area contributed by atoms with Crippen LogP contribution in [-0.4, -0.2) is 16.4 Å². The van der Waals surface area contributed by atoms with Gasteiger partial charge < -0.3 is 10.3 Å². The van der Waals surface area contributed by atoms with Crippen LogP contribution in [0.5, 0.6) is 0 Å². The molecule has 2 aromatic rings. The van der Waals surface area contributed by atoms with Crippen LogP contribution in [0.2, 0.25) is 0 Å². The van der Waals surface area contributed by atoms with E-state index in [-0.39, 0.29) is 11.4 Å². The Morgan fingerprint density at radius 1 is 1.16 bits per heavy atom. The van der Waals surface area contributed by atoms with E-state index >= 15 is 0 Å². The van der Waals surface area contributed by atoms with Crippen molar-refractivity contribution in [1.82, 2.24) is 10.3 Å². The van der Waals surface area contributed by atoms with Crippen LogP contribution in [0.4, 0.5) is 0 Å². The topological polar surface area (TPSA) is 44.9 Å². The van der Waals surface area contributed by atoms with Gasteiger partial charge in [-0.1, -0.05) is 39.0 Å². The van der Waals surface area contributed by atoms with Gasteiger partial charge in [0.1, 0.15) is 5.69 Å². The summed E-state index contributed by atoms with van der Waals surface area (Å²) in [5, 5.41) is 4.26. The second kappa shape index (κ2) is 5.47. The Hall–Kier alpha value is -1.77. The summed E-state index contributed by atoms with van der Waals surface area (Å²) in [6.07, 6.45) is 2.85. The molecule has 102 valence electrons. The minimum atomic E-state index is -0.0889. The molecule has 0 fully saturated rings. The molecule has 1 aromatic heterocycles.